The predicted molar refractivity (Wildman–Crippen MR) is 115 cm³/mol. The van der Waals surface area contributed by atoms with E-state index in [0.29, 0.717) is 10.7 Å². The summed E-state index contributed by atoms with van der Waals surface area (Å²) in [7, 11) is 1.64. The number of para-hydroxylation sites is 1. The van der Waals surface area contributed by atoms with Crippen LogP contribution in [0.25, 0.3) is 11.3 Å². The van der Waals surface area contributed by atoms with E-state index in [4.69, 9.17) is 4.74 Å². The normalized spacial score (nSPS) is 10.9. The van der Waals surface area contributed by atoms with Gasteiger partial charge < -0.3 is 4.74 Å². The minimum absolute atomic E-state index is 0.157. The molecule has 1 amide bonds. The third-order valence-electron chi connectivity index (χ3n) is 4.62. The van der Waals surface area contributed by atoms with Gasteiger partial charge in [-0.1, -0.05) is 38.1 Å². The average Bonchev–Trinajstić information content (AvgIpc) is 3.20. The Morgan fingerprint density at radius 1 is 1.11 bits per heavy atom. The van der Waals surface area contributed by atoms with Gasteiger partial charge in [-0.3, -0.25) is 15.0 Å². The van der Waals surface area contributed by atoms with Gasteiger partial charge in [0.25, 0.3) is 5.91 Å². The van der Waals surface area contributed by atoms with E-state index in [1.54, 1.807) is 7.11 Å². The molecule has 6 heteroatoms. The number of hydrogen-bond donors (Lipinski definition) is 1. The Morgan fingerprint density at radius 3 is 2.50 bits per heavy atom. The molecule has 1 aromatic heterocycles. The van der Waals surface area contributed by atoms with Crippen molar-refractivity contribution in [1.82, 2.24) is 9.88 Å². The summed E-state index contributed by atoms with van der Waals surface area (Å²) in [5, 5.41) is 5.37. The summed E-state index contributed by atoms with van der Waals surface area (Å²) in [6.45, 7) is 7.22. The van der Waals surface area contributed by atoms with Crippen LogP contribution in [0.2, 0.25) is 0 Å². The fourth-order valence-electron chi connectivity index (χ4n) is 2.95. The van der Waals surface area contributed by atoms with Crippen molar-refractivity contribution >= 4 is 22.4 Å². The molecule has 146 valence electrons. The monoisotopic (exact) mass is 395 g/mol. The van der Waals surface area contributed by atoms with Crippen LogP contribution < -0.4 is 10.1 Å². The first-order valence-electron chi connectivity index (χ1n) is 9.36. The molecule has 0 unspecified atom stereocenters. The van der Waals surface area contributed by atoms with Crippen LogP contribution in [0.1, 0.15) is 29.8 Å². The number of amides is 1. The second kappa shape index (κ2) is 9.48. The van der Waals surface area contributed by atoms with E-state index >= 15 is 0 Å². The number of nitrogens with one attached hydrogen (secondary N) is 1. The highest BCUT2D eigenvalue weighted by atomic mass is 32.1. The molecule has 0 aliphatic heterocycles. The first-order valence-corrected chi connectivity index (χ1v) is 10.2. The largest absolute Gasteiger partial charge is 0.496 e. The molecule has 3 aromatic rings. The third-order valence-corrected chi connectivity index (χ3v) is 5.38. The van der Waals surface area contributed by atoms with Crippen LogP contribution in [-0.2, 0) is 6.54 Å². The summed E-state index contributed by atoms with van der Waals surface area (Å²) in [6, 6.07) is 15.5. The van der Waals surface area contributed by atoms with Crippen molar-refractivity contribution in [1.29, 1.82) is 0 Å². The molecule has 0 saturated heterocycles. The van der Waals surface area contributed by atoms with Crippen LogP contribution >= 0.6 is 11.3 Å². The van der Waals surface area contributed by atoms with E-state index in [0.717, 1.165) is 36.6 Å². The Kier molecular flexibility index (Phi) is 6.79. The Hall–Kier alpha value is -2.70. The van der Waals surface area contributed by atoms with E-state index in [-0.39, 0.29) is 5.91 Å². The van der Waals surface area contributed by atoms with E-state index in [9.17, 15) is 4.79 Å². The van der Waals surface area contributed by atoms with Gasteiger partial charge in [0.15, 0.2) is 5.13 Å². The molecule has 0 aliphatic carbocycles. The maximum Gasteiger partial charge on any atom is 0.257 e. The van der Waals surface area contributed by atoms with Crippen molar-refractivity contribution in [3.05, 3.63) is 65.0 Å². The molecule has 0 bridgehead atoms. The lowest BCUT2D eigenvalue weighted by atomic mass is 10.1. The van der Waals surface area contributed by atoms with Gasteiger partial charge in [-0.15, -0.1) is 11.3 Å². The number of anilines is 1. The number of aromatic nitrogens is 1. The van der Waals surface area contributed by atoms with Crippen LogP contribution in [0.3, 0.4) is 0 Å². The highest BCUT2D eigenvalue weighted by molar-refractivity contribution is 7.14. The summed E-state index contributed by atoms with van der Waals surface area (Å²) in [5.74, 6) is 0.602. The van der Waals surface area contributed by atoms with Gasteiger partial charge in [0.05, 0.1) is 12.8 Å². The predicted octanol–water partition coefficient (Wildman–Crippen LogP) is 4.91. The van der Waals surface area contributed by atoms with E-state index in [2.05, 4.69) is 29.0 Å². The van der Waals surface area contributed by atoms with Gasteiger partial charge in [-0.05, 0) is 42.9 Å². The lowest BCUT2D eigenvalue weighted by Crippen LogP contribution is -2.22. The van der Waals surface area contributed by atoms with Crippen molar-refractivity contribution in [2.24, 2.45) is 0 Å². The van der Waals surface area contributed by atoms with E-state index < -0.39 is 0 Å². The Bertz CT molecular complexity index is 918. The molecule has 0 aliphatic rings. The van der Waals surface area contributed by atoms with Gasteiger partial charge in [0, 0.05) is 23.1 Å². The highest BCUT2D eigenvalue weighted by Crippen LogP contribution is 2.32. The zero-order valence-corrected chi connectivity index (χ0v) is 17.3. The van der Waals surface area contributed by atoms with Gasteiger partial charge in [0.2, 0.25) is 0 Å². The number of benzene rings is 2. The quantitative estimate of drug-likeness (QED) is 0.589. The number of ether oxygens (including phenoxy) is 1. The fraction of sp³-hybridized carbons (Fsp3) is 0.273. The Balaban J connectivity index is 1.68. The summed E-state index contributed by atoms with van der Waals surface area (Å²) in [5.41, 5.74) is 3.51. The fourth-order valence-corrected chi connectivity index (χ4v) is 3.65. The highest BCUT2D eigenvalue weighted by Gasteiger charge is 2.12. The SMILES string of the molecule is CCN(CC)Cc1ccc(C(=O)Nc2nc(-c3ccccc3OC)cs2)cc1. The van der Waals surface area contributed by atoms with Crippen LogP contribution in [0.4, 0.5) is 5.13 Å². The molecule has 5 nitrogen and oxygen atoms in total. The van der Waals surface area contributed by atoms with Crippen molar-refractivity contribution in [3.8, 4) is 17.0 Å². The third kappa shape index (κ3) is 4.77. The summed E-state index contributed by atoms with van der Waals surface area (Å²) < 4.78 is 5.39. The average molecular weight is 396 g/mol. The molecule has 28 heavy (non-hydrogen) atoms. The molecule has 0 atom stereocenters. The van der Waals surface area contributed by atoms with E-state index in [1.807, 2.05) is 53.9 Å². The zero-order valence-electron chi connectivity index (χ0n) is 16.4. The second-order valence-electron chi connectivity index (χ2n) is 6.35. The van der Waals surface area contributed by atoms with Crippen molar-refractivity contribution in [3.63, 3.8) is 0 Å². The lowest BCUT2D eigenvalue weighted by Gasteiger charge is -2.17. The van der Waals surface area contributed by atoms with Gasteiger partial charge >= 0.3 is 0 Å². The number of carbonyl (C=O) groups excluding carboxylic acids is 1. The number of rotatable bonds is 8. The molecule has 3 rings (SSSR count). The lowest BCUT2D eigenvalue weighted by molar-refractivity contribution is 0.102. The Labute approximate surface area is 170 Å². The topological polar surface area (TPSA) is 54.5 Å². The molecular weight excluding hydrogens is 370 g/mol. The first kappa shape index (κ1) is 20.0. The molecule has 0 radical (unpaired) electrons. The minimum atomic E-state index is -0.157. The van der Waals surface area contributed by atoms with Gasteiger partial charge in [-0.25, -0.2) is 4.98 Å². The number of carbonyl (C=O) groups is 1. The maximum absolute atomic E-state index is 12.5. The van der Waals surface area contributed by atoms with Crippen molar-refractivity contribution in [2.45, 2.75) is 20.4 Å². The molecule has 0 spiro atoms. The van der Waals surface area contributed by atoms with E-state index in [1.165, 1.54) is 16.9 Å². The molecule has 0 fully saturated rings. The Morgan fingerprint density at radius 2 is 1.82 bits per heavy atom. The molecule has 0 saturated carbocycles. The van der Waals surface area contributed by atoms with Gasteiger partial charge in [-0.2, -0.15) is 0 Å². The van der Waals surface area contributed by atoms with Crippen molar-refractivity contribution in [2.75, 3.05) is 25.5 Å². The van der Waals surface area contributed by atoms with Crippen LogP contribution in [0, 0.1) is 0 Å². The number of nitrogens with zero attached hydrogens (tertiary/aromatic N) is 2. The number of methoxy groups -OCH3 is 1. The second-order valence-corrected chi connectivity index (χ2v) is 7.21. The van der Waals surface area contributed by atoms with Crippen LogP contribution in [0.15, 0.2) is 53.9 Å². The number of thiazole rings is 1. The summed E-state index contributed by atoms with van der Waals surface area (Å²) in [6.07, 6.45) is 0. The standard InChI is InChI=1S/C22H25N3O2S/c1-4-25(5-2)14-16-10-12-17(13-11-16)21(26)24-22-23-19(15-28-22)18-8-6-7-9-20(18)27-3/h6-13,15H,4-5,14H2,1-3H3,(H,23,24,26). The molecule has 2 aromatic carbocycles. The van der Waals surface area contributed by atoms with Crippen LogP contribution in [0.5, 0.6) is 5.75 Å². The number of hydrogen-bond acceptors (Lipinski definition) is 5. The minimum Gasteiger partial charge on any atom is -0.496 e. The van der Waals surface area contributed by atoms with Crippen LogP contribution in [-0.4, -0.2) is 36.0 Å². The smallest absolute Gasteiger partial charge is 0.257 e. The molecule has 1 N–H and O–H groups in total. The van der Waals surface area contributed by atoms with Crippen molar-refractivity contribution < 1.29 is 9.53 Å². The zero-order chi connectivity index (χ0) is 19.9. The molecule has 1 heterocycles. The summed E-state index contributed by atoms with van der Waals surface area (Å²) >= 11 is 1.40. The maximum atomic E-state index is 12.5. The molecular formula is C22H25N3O2S. The summed E-state index contributed by atoms with van der Waals surface area (Å²) in [4.78, 5) is 19.4. The van der Waals surface area contributed by atoms with Gasteiger partial charge in [0.1, 0.15) is 5.75 Å². The first-order chi connectivity index (χ1) is 13.6.